The Morgan fingerprint density at radius 3 is 2.44 bits per heavy atom. The number of carbonyl (C=O) groups is 1. The molecular weight excluding hydrogens is 430 g/mol. The summed E-state index contributed by atoms with van der Waals surface area (Å²) < 4.78 is 38.1. The number of hydrogen-bond donors (Lipinski definition) is 1. The highest BCUT2D eigenvalue weighted by atomic mass is 32.2. The average Bonchev–Trinajstić information content (AvgIpc) is 3.06. The average molecular weight is 456 g/mol. The van der Waals surface area contributed by atoms with Gasteiger partial charge in [0.15, 0.2) is 21.3 Å². The van der Waals surface area contributed by atoms with Gasteiger partial charge < -0.3 is 14.8 Å². The topological polar surface area (TPSA) is 99.5 Å². The van der Waals surface area contributed by atoms with Gasteiger partial charge in [-0.1, -0.05) is 17.7 Å². The normalized spacial score (nSPS) is 13.1. The molecule has 1 aliphatic heterocycles. The number of nitrogens with zero attached hydrogens (tertiary/aromatic N) is 2. The zero-order chi connectivity index (χ0) is 22.9. The molecule has 1 aliphatic rings. The second-order valence-corrected chi connectivity index (χ2v) is 9.82. The number of ether oxygens (including phenoxy) is 2. The molecular formula is C23H25N3O5S. The summed E-state index contributed by atoms with van der Waals surface area (Å²) in [7, 11) is -3.66. The maximum atomic E-state index is 12.7. The van der Waals surface area contributed by atoms with Gasteiger partial charge in [0.2, 0.25) is 5.91 Å². The molecule has 2 aromatic carbocycles. The number of nitrogens with one attached hydrogen (secondary N) is 1. The summed E-state index contributed by atoms with van der Waals surface area (Å²) in [5.74, 6) is 0.213. The number of aryl methyl sites for hydroxylation is 2. The molecule has 0 radical (unpaired) electrons. The van der Waals surface area contributed by atoms with Crippen LogP contribution in [0, 0.1) is 20.8 Å². The molecule has 0 atom stereocenters. The molecule has 2 heterocycles. The smallest absolute Gasteiger partial charge is 0.225 e. The van der Waals surface area contributed by atoms with E-state index in [1.807, 2.05) is 38.1 Å². The van der Waals surface area contributed by atoms with Crippen LogP contribution in [0.1, 0.15) is 23.4 Å². The van der Waals surface area contributed by atoms with Gasteiger partial charge in [0.05, 0.1) is 33.4 Å². The summed E-state index contributed by atoms with van der Waals surface area (Å²) >= 11 is 0. The van der Waals surface area contributed by atoms with Crippen LogP contribution in [0.15, 0.2) is 47.4 Å². The number of anilines is 1. The second kappa shape index (κ2) is 8.66. The number of sulfone groups is 1. The lowest BCUT2D eigenvalue weighted by Gasteiger charge is -2.18. The van der Waals surface area contributed by atoms with E-state index in [4.69, 9.17) is 9.47 Å². The van der Waals surface area contributed by atoms with Crippen molar-refractivity contribution in [2.75, 3.05) is 24.3 Å². The summed E-state index contributed by atoms with van der Waals surface area (Å²) in [6.07, 6.45) is -0.175. The zero-order valence-corrected chi connectivity index (χ0v) is 19.0. The Bertz CT molecular complexity index is 1260. The molecule has 0 unspecified atom stereocenters. The van der Waals surface area contributed by atoms with Crippen molar-refractivity contribution in [3.05, 3.63) is 59.4 Å². The third kappa shape index (κ3) is 4.47. The molecule has 9 heteroatoms. The zero-order valence-electron chi connectivity index (χ0n) is 18.2. The van der Waals surface area contributed by atoms with Crippen LogP contribution in [0.25, 0.3) is 5.69 Å². The van der Waals surface area contributed by atoms with Crippen LogP contribution in [0.5, 0.6) is 11.5 Å². The molecule has 0 saturated carbocycles. The molecule has 3 aromatic rings. The Kier molecular flexibility index (Phi) is 5.92. The lowest BCUT2D eigenvalue weighted by atomic mass is 10.2. The monoisotopic (exact) mass is 455 g/mol. The Labute approximate surface area is 187 Å². The Morgan fingerprint density at radius 2 is 1.72 bits per heavy atom. The molecule has 4 rings (SSSR count). The number of fused-ring (bicyclic) bond motifs is 1. The Morgan fingerprint density at radius 1 is 1.03 bits per heavy atom. The fourth-order valence-corrected chi connectivity index (χ4v) is 4.78. The van der Waals surface area contributed by atoms with Crippen molar-refractivity contribution in [1.82, 2.24) is 9.78 Å². The van der Waals surface area contributed by atoms with Gasteiger partial charge in [-0.3, -0.25) is 4.79 Å². The summed E-state index contributed by atoms with van der Waals surface area (Å²) in [5, 5.41) is 7.34. The molecule has 168 valence electrons. The maximum absolute atomic E-state index is 12.7. The molecule has 0 bridgehead atoms. The quantitative estimate of drug-likeness (QED) is 0.612. The minimum absolute atomic E-state index is 0.106. The lowest BCUT2D eigenvalue weighted by molar-refractivity contribution is -0.115. The van der Waals surface area contributed by atoms with Gasteiger partial charge >= 0.3 is 0 Å². The van der Waals surface area contributed by atoms with Crippen molar-refractivity contribution < 1.29 is 22.7 Å². The van der Waals surface area contributed by atoms with Crippen LogP contribution in [-0.4, -0.2) is 43.1 Å². The molecule has 0 spiro atoms. The van der Waals surface area contributed by atoms with E-state index in [2.05, 4.69) is 10.4 Å². The van der Waals surface area contributed by atoms with E-state index in [1.54, 1.807) is 17.7 Å². The first-order chi connectivity index (χ1) is 15.2. The van der Waals surface area contributed by atoms with E-state index in [1.165, 1.54) is 12.1 Å². The van der Waals surface area contributed by atoms with Gasteiger partial charge in [-0.2, -0.15) is 5.10 Å². The highest BCUT2D eigenvalue weighted by Gasteiger charge is 2.22. The molecule has 1 N–H and O–H groups in total. The van der Waals surface area contributed by atoms with Gasteiger partial charge in [-0.05, 0) is 45.0 Å². The lowest BCUT2D eigenvalue weighted by Crippen LogP contribution is -2.19. The SMILES string of the molecule is Cc1ccc(-n2nc(C)c(NC(=O)CCS(=O)(=O)c3ccc4c(c3)OCCO4)c2C)cc1. The standard InChI is InChI=1S/C23H25N3O5S/c1-15-4-6-18(7-5-15)26-17(3)23(16(2)25-26)24-22(27)10-13-32(28,29)19-8-9-20-21(14-19)31-12-11-30-20/h4-9,14H,10-13H2,1-3H3,(H,24,27). The number of amides is 1. The maximum Gasteiger partial charge on any atom is 0.225 e. The number of rotatable bonds is 6. The first-order valence-corrected chi connectivity index (χ1v) is 12.0. The van der Waals surface area contributed by atoms with Gasteiger partial charge in [0.1, 0.15) is 13.2 Å². The Hall–Kier alpha value is -3.33. The van der Waals surface area contributed by atoms with Crippen LogP contribution < -0.4 is 14.8 Å². The summed E-state index contributed by atoms with van der Waals surface area (Å²) in [6, 6.07) is 12.4. The van der Waals surface area contributed by atoms with Gasteiger partial charge in [-0.25, -0.2) is 13.1 Å². The van der Waals surface area contributed by atoms with Crippen molar-refractivity contribution in [1.29, 1.82) is 0 Å². The number of hydrogen-bond acceptors (Lipinski definition) is 6. The summed E-state index contributed by atoms with van der Waals surface area (Å²) in [6.45, 7) is 6.47. The van der Waals surface area contributed by atoms with Crippen LogP contribution >= 0.6 is 0 Å². The molecule has 0 saturated heterocycles. The Balaban J connectivity index is 1.44. The van der Waals surface area contributed by atoms with E-state index >= 15 is 0 Å². The molecule has 1 amide bonds. The third-order valence-corrected chi connectivity index (χ3v) is 7.02. The van der Waals surface area contributed by atoms with Crippen LogP contribution in [0.3, 0.4) is 0 Å². The second-order valence-electron chi connectivity index (χ2n) is 7.72. The summed E-state index contributed by atoms with van der Waals surface area (Å²) in [4.78, 5) is 12.7. The predicted octanol–water partition coefficient (Wildman–Crippen LogP) is 3.37. The van der Waals surface area contributed by atoms with Crippen molar-refractivity contribution in [2.24, 2.45) is 0 Å². The van der Waals surface area contributed by atoms with Gasteiger partial charge in [-0.15, -0.1) is 0 Å². The van der Waals surface area contributed by atoms with E-state index in [-0.39, 0.29) is 23.0 Å². The fraction of sp³-hybridized carbons (Fsp3) is 0.304. The number of carbonyl (C=O) groups excluding carboxylic acids is 1. The minimum atomic E-state index is -3.66. The van der Waals surface area contributed by atoms with Crippen molar-refractivity contribution in [2.45, 2.75) is 32.1 Å². The van der Waals surface area contributed by atoms with E-state index in [0.29, 0.717) is 36.1 Å². The third-order valence-electron chi connectivity index (χ3n) is 5.30. The van der Waals surface area contributed by atoms with Crippen molar-refractivity contribution in [3.63, 3.8) is 0 Å². The molecule has 8 nitrogen and oxygen atoms in total. The van der Waals surface area contributed by atoms with Crippen LogP contribution in [0.2, 0.25) is 0 Å². The fourth-order valence-electron chi connectivity index (χ4n) is 3.52. The molecule has 1 aromatic heterocycles. The van der Waals surface area contributed by atoms with E-state index in [9.17, 15) is 13.2 Å². The van der Waals surface area contributed by atoms with E-state index < -0.39 is 9.84 Å². The largest absolute Gasteiger partial charge is 0.486 e. The number of aromatic nitrogens is 2. The van der Waals surface area contributed by atoms with Crippen LogP contribution in [-0.2, 0) is 14.6 Å². The predicted molar refractivity (Wildman–Crippen MR) is 121 cm³/mol. The van der Waals surface area contributed by atoms with E-state index in [0.717, 1.165) is 16.9 Å². The summed E-state index contributed by atoms with van der Waals surface area (Å²) in [5.41, 5.74) is 4.05. The molecule has 0 aliphatic carbocycles. The van der Waals surface area contributed by atoms with Crippen molar-refractivity contribution in [3.8, 4) is 17.2 Å². The van der Waals surface area contributed by atoms with Gasteiger partial charge in [0.25, 0.3) is 0 Å². The molecule has 0 fully saturated rings. The highest BCUT2D eigenvalue weighted by Crippen LogP contribution is 2.32. The first kappa shape index (κ1) is 21.9. The highest BCUT2D eigenvalue weighted by molar-refractivity contribution is 7.91. The van der Waals surface area contributed by atoms with Crippen LogP contribution in [0.4, 0.5) is 5.69 Å². The van der Waals surface area contributed by atoms with Gasteiger partial charge in [0, 0.05) is 12.5 Å². The minimum Gasteiger partial charge on any atom is -0.486 e. The molecule has 32 heavy (non-hydrogen) atoms. The number of benzene rings is 2. The van der Waals surface area contributed by atoms with Crippen molar-refractivity contribution >= 4 is 21.4 Å². The first-order valence-electron chi connectivity index (χ1n) is 10.3.